The summed E-state index contributed by atoms with van der Waals surface area (Å²) >= 11 is 2.05. The SMILES string of the molecule is CC.CC1(C)CCC(C(=O)NCC2CCSCC2)CC1. The molecule has 20 heavy (non-hydrogen) atoms. The Labute approximate surface area is 129 Å². The summed E-state index contributed by atoms with van der Waals surface area (Å²) in [6.45, 7) is 9.56. The molecule has 1 saturated heterocycles. The Morgan fingerprint density at radius 3 is 2.20 bits per heavy atom. The van der Waals surface area contributed by atoms with Crippen LogP contribution in [0.1, 0.15) is 66.2 Å². The third-order valence-corrected chi connectivity index (χ3v) is 5.66. The molecule has 3 heteroatoms. The van der Waals surface area contributed by atoms with Crippen molar-refractivity contribution in [2.24, 2.45) is 17.3 Å². The molecule has 0 aromatic carbocycles. The van der Waals surface area contributed by atoms with E-state index >= 15 is 0 Å². The van der Waals surface area contributed by atoms with Crippen molar-refractivity contribution < 1.29 is 4.79 Å². The van der Waals surface area contributed by atoms with Gasteiger partial charge in [0.15, 0.2) is 0 Å². The lowest BCUT2D eigenvalue weighted by Gasteiger charge is -2.33. The van der Waals surface area contributed by atoms with Gasteiger partial charge in [0.2, 0.25) is 5.91 Å². The number of carbonyl (C=O) groups excluding carboxylic acids is 1. The maximum absolute atomic E-state index is 12.1. The van der Waals surface area contributed by atoms with Crippen molar-refractivity contribution in [3.8, 4) is 0 Å². The predicted molar refractivity (Wildman–Crippen MR) is 90.1 cm³/mol. The molecule has 0 spiro atoms. The molecule has 0 aromatic heterocycles. The lowest BCUT2D eigenvalue weighted by molar-refractivity contribution is -0.126. The first kappa shape index (κ1) is 17.9. The third kappa shape index (κ3) is 6.07. The molecule has 0 bridgehead atoms. The molecule has 1 amide bonds. The Morgan fingerprint density at radius 2 is 1.65 bits per heavy atom. The summed E-state index contributed by atoms with van der Waals surface area (Å²) < 4.78 is 0. The second-order valence-electron chi connectivity index (χ2n) is 6.74. The van der Waals surface area contributed by atoms with Crippen LogP contribution < -0.4 is 5.32 Å². The molecule has 0 unspecified atom stereocenters. The van der Waals surface area contributed by atoms with Gasteiger partial charge in [-0.25, -0.2) is 0 Å². The van der Waals surface area contributed by atoms with Crippen molar-refractivity contribution in [3.63, 3.8) is 0 Å². The van der Waals surface area contributed by atoms with Crippen LogP contribution in [0.5, 0.6) is 0 Å². The molecule has 1 aliphatic heterocycles. The topological polar surface area (TPSA) is 29.1 Å². The highest BCUT2D eigenvalue weighted by atomic mass is 32.2. The first-order valence-electron chi connectivity index (χ1n) is 8.42. The second-order valence-corrected chi connectivity index (χ2v) is 7.96. The number of hydrogen-bond donors (Lipinski definition) is 1. The fourth-order valence-electron chi connectivity index (χ4n) is 3.00. The van der Waals surface area contributed by atoms with Crippen molar-refractivity contribution in [1.29, 1.82) is 0 Å². The van der Waals surface area contributed by atoms with Crippen LogP contribution >= 0.6 is 11.8 Å². The van der Waals surface area contributed by atoms with Crippen LogP contribution in [0.25, 0.3) is 0 Å². The Morgan fingerprint density at radius 1 is 1.10 bits per heavy atom. The molecule has 118 valence electrons. The van der Waals surface area contributed by atoms with Crippen LogP contribution in [-0.4, -0.2) is 24.0 Å². The zero-order valence-electron chi connectivity index (χ0n) is 13.8. The number of thioether (sulfide) groups is 1. The molecule has 1 N–H and O–H groups in total. The van der Waals surface area contributed by atoms with Crippen LogP contribution in [0.2, 0.25) is 0 Å². The number of hydrogen-bond acceptors (Lipinski definition) is 2. The first-order valence-corrected chi connectivity index (χ1v) is 9.58. The number of rotatable bonds is 3. The van der Waals surface area contributed by atoms with Gasteiger partial charge < -0.3 is 5.32 Å². The minimum atomic E-state index is 0.288. The highest BCUT2D eigenvalue weighted by Crippen LogP contribution is 2.38. The molecule has 2 rings (SSSR count). The average Bonchev–Trinajstić information content (AvgIpc) is 2.48. The molecule has 2 aliphatic rings. The van der Waals surface area contributed by atoms with Crippen molar-refractivity contribution >= 4 is 17.7 Å². The molecule has 2 fully saturated rings. The maximum Gasteiger partial charge on any atom is 0.223 e. The van der Waals surface area contributed by atoms with Gasteiger partial charge in [0.1, 0.15) is 0 Å². The van der Waals surface area contributed by atoms with Crippen molar-refractivity contribution in [2.45, 2.75) is 66.2 Å². The highest BCUT2D eigenvalue weighted by molar-refractivity contribution is 7.99. The molecule has 0 radical (unpaired) electrons. The van der Waals surface area contributed by atoms with Gasteiger partial charge in [0.25, 0.3) is 0 Å². The number of amides is 1. The fourth-order valence-corrected chi connectivity index (χ4v) is 4.21. The quantitative estimate of drug-likeness (QED) is 0.832. The highest BCUT2D eigenvalue weighted by Gasteiger charge is 2.30. The van der Waals surface area contributed by atoms with Crippen LogP contribution in [-0.2, 0) is 4.79 Å². The van der Waals surface area contributed by atoms with E-state index in [2.05, 4.69) is 19.2 Å². The zero-order chi connectivity index (χ0) is 15.0. The largest absolute Gasteiger partial charge is 0.356 e. The Hall–Kier alpha value is -0.180. The summed E-state index contributed by atoms with van der Waals surface area (Å²) in [5, 5.41) is 3.20. The Balaban J connectivity index is 0.000000956. The van der Waals surface area contributed by atoms with E-state index in [0.717, 1.165) is 25.3 Å². The molecule has 1 saturated carbocycles. The minimum Gasteiger partial charge on any atom is -0.356 e. The van der Waals surface area contributed by atoms with Crippen molar-refractivity contribution in [1.82, 2.24) is 5.32 Å². The van der Waals surface area contributed by atoms with E-state index in [-0.39, 0.29) is 5.92 Å². The van der Waals surface area contributed by atoms with E-state index < -0.39 is 0 Å². The second kappa shape index (κ2) is 8.96. The minimum absolute atomic E-state index is 0.288. The van der Waals surface area contributed by atoms with E-state index in [1.54, 1.807) is 0 Å². The summed E-state index contributed by atoms with van der Waals surface area (Å²) in [4.78, 5) is 12.1. The average molecular weight is 300 g/mol. The lowest BCUT2D eigenvalue weighted by atomic mass is 9.73. The van der Waals surface area contributed by atoms with Gasteiger partial charge in [-0.15, -0.1) is 0 Å². The maximum atomic E-state index is 12.1. The van der Waals surface area contributed by atoms with E-state index in [1.165, 1.54) is 37.2 Å². The van der Waals surface area contributed by atoms with E-state index in [9.17, 15) is 4.79 Å². The van der Waals surface area contributed by atoms with Crippen LogP contribution in [0.15, 0.2) is 0 Å². The van der Waals surface area contributed by atoms with Gasteiger partial charge in [0.05, 0.1) is 0 Å². The fraction of sp³-hybridized carbons (Fsp3) is 0.941. The van der Waals surface area contributed by atoms with Gasteiger partial charge in [-0.1, -0.05) is 27.7 Å². The lowest BCUT2D eigenvalue weighted by Crippen LogP contribution is -2.37. The summed E-state index contributed by atoms with van der Waals surface area (Å²) in [5.41, 5.74) is 0.456. The van der Waals surface area contributed by atoms with E-state index in [4.69, 9.17) is 0 Å². The van der Waals surface area contributed by atoms with Gasteiger partial charge >= 0.3 is 0 Å². The molecule has 1 aliphatic carbocycles. The summed E-state index contributed by atoms with van der Waals surface area (Å²) in [5.74, 6) is 3.89. The van der Waals surface area contributed by atoms with Crippen molar-refractivity contribution in [2.75, 3.05) is 18.1 Å². The van der Waals surface area contributed by atoms with Gasteiger partial charge in [-0.3, -0.25) is 4.79 Å². The summed E-state index contributed by atoms with van der Waals surface area (Å²) in [6, 6.07) is 0. The summed E-state index contributed by atoms with van der Waals surface area (Å²) in [6.07, 6.45) is 7.13. The Bertz CT molecular complexity index is 275. The van der Waals surface area contributed by atoms with Gasteiger partial charge in [-0.05, 0) is 61.4 Å². The molecule has 1 heterocycles. The molecular formula is C17H33NOS. The van der Waals surface area contributed by atoms with E-state index in [1.807, 2.05) is 25.6 Å². The predicted octanol–water partition coefficient (Wildman–Crippen LogP) is 4.49. The first-order chi connectivity index (χ1) is 9.57. The summed E-state index contributed by atoms with van der Waals surface area (Å²) in [7, 11) is 0. The molecule has 2 nitrogen and oxygen atoms in total. The normalized spacial score (nSPS) is 23.6. The molecular weight excluding hydrogens is 266 g/mol. The third-order valence-electron chi connectivity index (χ3n) is 4.62. The Kier molecular flexibility index (Phi) is 8.01. The van der Waals surface area contributed by atoms with E-state index in [0.29, 0.717) is 11.3 Å². The smallest absolute Gasteiger partial charge is 0.223 e. The molecule has 0 atom stereocenters. The van der Waals surface area contributed by atoms with Gasteiger partial charge in [-0.2, -0.15) is 11.8 Å². The standard InChI is InChI=1S/C15H27NOS.C2H6/c1-15(2)7-3-13(4-8-15)14(17)16-11-12-5-9-18-10-6-12;1-2/h12-13H,3-11H2,1-2H3,(H,16,17);1-2H3. The zero-order valence-corrected chi connectivity index (χ0v) is 14.7. The van der Waals surface area contributed by atoms with Crippen LogP contribution in [0.4, 0.5) is 0 Å². The van der Waals surface area contributed by atoms with Gasteiger partial charge in [0, 0.05) is 12.5 Å². The molecule has 0 aromatic rings. The monoisotopic (exact) mass is 299 g/mol. The van der Waals surface area contributed by atoms with Crippen LogP contribution in [0, 0.1) is 17.3 Å². The number of carbonyl (C=O) groups is 1. The number of nitrogens with one attached hydrogen (secondary N) is 1. The van der Waals surface area contributed by atoms with Crippen molar-refractivity contribution in [3.05, 3.63) is 0 Å². The van der Waals surface area contributed by atoms with Crippen LogP contribution in [0.3, 0.4) is 0 Å².